The number of urea groups is 1. The number of aryl methyl sites for hydroxylation is 2. The van der Waals surface area contributed by atoms with Gasteiger partial charge in [-0.3, -0.25) is 0 Å². The first kappa shape index (κ1) is 19.3. The van der Waals surface area contributed by atoms with E-state index in [1.165, 1.54) is 5.56 Å². The minimum atomic E-state index is -0.353. The summed E-state index contributed by atoms with van der Waals surface area (Å²) in [5.74, 6) is 0.358. The lowest BCUT2D eigenvalue weighted by Crippen LogP contribution is -2.37. The number of carbonyl (C=O) groups excluding carboxylic acids is 2. The zero-order valence-corrected chi connectivity index (χ0v) is 15.3. The van der Waals surface area contributed by atoms with Crippen molar-refractivity contribution in [3.8, 4) is 5.75 Å². The van der Waals surface area contributed by atoms with Crippen molar-refractivity contribution in [3.05, 3.63) is 64.7 Å². The van der Waals surface area contributed by atoms with Gasteiger partial charge in [0.05, 0.1) is 12.2 Å². The van der Waals surface area contributed by atoms with E-state index in [0.717, 1.165) is 11.1 Å². The first-order valence-corrected chi connectivity index (χ1v) is 8.47. The molecule has 0 unspecified atom stereocenters. The van der Waals surface area contributed by atoms with Crippen molar-refractivity contribution >= 4 is 12.0 Å². The minimum Gasteiger partial charge on any atom is -0.473 e. The molecule has 2 rings (SSSR count). The average Bonchev–Trinajstić information content (AvgIpc) is 2.63. The number of esters is 1. The molecule has 0 aliphatic heterocycles. The number of amides is 2. The highest BCUT2D eigenvalue weighted by atomic mass is 16.5. The third kappa shape index (κ3) is 5.81. The molecular formula is C20H24N2O4. The van der Waals surface area contributed by atoms with Crippen molar-refractivity contribution < 1.29 is 19.1 Å². The van der Waals surface area contributed by atoms with Gasteiger partial charge in [-0.1, -0.05) is 18.2 Å². The van der Waals surface area contributed by atoms with Gasteiger partial charge >= 0.3 is 12.0 Å². The number of carbonyl (C=O) groups is 2. The monoisotopic (exact) mass is 356 g/mol. The second kappa shape index (κ2) is 9.46. The van der Waals surface area contributed by atoms with Crippen LogP contribution >= 0.6 is 0 Å². The Morgan fingerprint density at radius 3 is 2.35 bits per heavy atom. The molecule has 6 nitrogen and oxygen atoms in total. The molecule has 2 aromatic rings. The molecule has 0 spiro atoms. The van der Waals surface area contributed by atoms with Crippen molar-refractivity contribution in [2.24, 2.45) is 0 Å². The van der Waals surface area contributed by atoms with Crippen LogP contribution in [0.2, 0.25) is 0 Å². The Labute approximate surface area is 153 Å². The lowest BCUT2D eigenvalue weighted by Gasteiger charge is -2.11. The Kier molecular flexibility index (Phi) is 7.02. The van der Waals surface area contributed by atoms with Crippen LogP contribution in [0.15, 0.2) is 42.5 Å². The first-order valence-electron chi connectivity index (χ1n) is 8.47. The smallest absolute Gasteiger partial charge is 0.338 e. The second-order valence-electron chi connectivity index (χ2n) is 5.81. The highest BCUT2D eigenvalue weighted by Crippen LogP contribution is 2.15. The fraction of sp³-hybridized carbons (Fsp3) is 0.300. The Hall–Kier alpha value is -3.02. The first-order chi connectivity index (χ1) is 12.5. The Bertz CT molecular complexity index is 757. The molecule has 26 heavy (non-hydrogen) atoms. The topological polar surface area (TPSA) is 76.7 Å². The summed E-state index contributed by atoms with van der Waals surface area (Å²) in [7, 11) is 0. The fourth-order valence-electron chi connectivity index (χ4n) is 2.21. The quantitative estimate of drug-likeness (QED) is 0.589. The van der Waals surface area contributed by atoms with Gasteiger partial charge in [0, 0.05) is 6.54 Å². The van der Waals surface area contributed by atoms with E-state index in [9.17, 15) is 9.59 Å². The largest absolute Gasteiger partial charge is 0.473 e. The van der Waals surface area contributed by atoms with Crippen LogP contribution in [-0.4, -0.2) is 25.3 Å². The maximum absolute atomic E-state index is 11.8. The van der Waals surface area contributed by atoms with E-state index in [4.69, 9.17) is 9.47 Å². The van der Waals surface area contributed by atoms with E-state index in [1.54, 1.807) is 31.2 Å². The van der Waals surface area contributed by atoms with Crippen LogP contribution in [0, 0.1) is 13.8 Å². The predicted molar refractivity (Wildman–Crippen MR) is 99.2 cm³/mol. The molecule has 6 heteroatoms. The third-order valence-corrected chi connectivity index (χ3v) is 3.87. The Morgan fingerprint density at radius 2 is 1.69 bits per heavy atom. The summed E-state index contributed by atoms with van der Waals surface area (Å²) in [5.41, 5.74) is 3.69. The molecule has 0 fully saturated rings. The van der Waals surface area contributed by atoms with E-state index in [0.29, 0.717) is 24.5 Å². The van der Waals surface area contributed by atoms with Crippen LogP contribution in [0.5, 0.6) is 5.75 Å². The van der Waals surface area contributed by atoms with Gasteiger partial charge in [0.15, 0.2) is 6.73 Å². The molecule has 0 aliphatic carbocycles. The lowest BCUT2D eigenvalue weighted by atomic mass is 10.1. The molecule has 0 saturated heterocycles. The van der Waals surface area contributed by atoms with Gasteiger partial charge in [0.1, 0.15) is 5.75 Å². The van der Waals surface area contributed by atoms with Gasteiger partial charge in [-0.05, 0) is 61.7 Å². The van der Waals surface area contributed by atoms with E-state index < -0.39 is 0 Å². The average molecular weight is 356 g/mol. The van der Waals surface area contributed by atoms with Crippen molar-refractivity contribution in [1.29, 1.82) is 0 Å². The fourth-order valence-corrected chi connectivity index (χ4v) is 2.21. The van der Waals surface area contributed by atoms with Gasteiger partial charge in [-0.2, -0.15) is 0 Å². The molecule has 2 N–H and O–H groups in total. The van der Waals surface area contributed by atoms with Crippen LogP contribution in [-0.2, 0) is 11.3 Å². The number of rotatable bonds is 7. The zero-order chi connectivity index (χ0) is 18.9. The zero-order valence-electron chi connectivity index (χ0n) is 15.3. The number of benzene rings is 2. The molecule has 0 atom stereocenters. The molecule has 2 aromatic carbocycles. The summed E-state index contributed by atoms with van der Waals surface area (Å²) < 4.78 is 10.4. The molecule has 0 heterocycles. The molecule has 0 aromatic heterocycles. The number of ether oxygens (including phenoxy) is 2. The van der Waals surface area contributed by atoms with Gasteiger partial charge in [-0.25, -0.2) is 9.59 Å². The summed E-state index contributed by atoms with van der Waals surface area (Å²) in [6.45, 7) is 6.57. The van der Waals surface area contributed by atoms with Gasteiger partial charge < -0.3 is 20.1 Å². The van der Waals surface area contributed by atoms with E-state index >= 15 is 0 Å². The minimum absolute atomic E-state index is 0.0795. The highest BCUT2D eigenvalue weighted by Gasteiger charge is 2.06. The highest BCUT2D eigenvalue weighted by molar-refractivity contribution is 5.89. The third-order valence-electron chi connectivity index (χ3n) is 3.87. The molecular weight excluding hydrogens is 332 g/mol. The van der Waals surface area contributed by atoms with Crippen molar-refractivity contribution in [2.75, 3.05) is 13.3 Å². The molecule has 0 bridgehead atoms. The number of nitrogens with one attached hydrogen (secondary N) is 2. The van der Waals surface area contributed by atoms with Crippen molar-refractivity contribution in [1.82, 2.24) is 10.6 Å². The Balaban J connectivity index is 1.72. The van der Waals surface area contributed by atoms with Crippen molar-refractivity contribution in [2.45, 2.75) is 27.3 Å². The van der Waals surface area contributed by atoms with Crippen LogP contribution in [0.25, 0.3) is 0 Å². The van der Waals surface area contributed by atoms with E-state index in [1.807, 2.05) is 32.0 Å². The second-order valence-corrected chi connectivity index (χ2v) is 5.81. The summed E-state index contributed by atoms with van der Waals surface area (Å²) >= 11 is 0. The van der Waals surface area contributed by atoms with Crippen LogP contribution in [0.3, 0.4) is 0 Å². The van der Waals surface area contributed by atoms with Crippen molar-refractivity contribution in [3.63, 3.8) is 0 Å². The number of hydrogen-bond donors (Lipinski definition) is 2. The molecule has 0 aliphatic rings. The summed E-state index contributed by atoms with van der Waals surface area (Å²) in [5, 5.41) is 5.37. The van der Waals surface area contributed by atoms with E-state index in [-0.39, 0.29) is 18.7 Å². The summed E-state index contributed by atoms with van der Waals surface area (Å²) in [6, 6.07) is 12.3. The lowest BCUT2D eigenvalue weighted by molar-refractivity contribution is 0.0526. The standard InChI is InChI=1S/C20H24N2O4/c1-4-25-19(23)17-8-6-16(7-9-17)12-21-20(24)22-13-26-18-10-5-14(2)15(3)11-18/h5-11H,4,12-13H2,1-3H3,(H2,21,22,24). The molecule has 0 radical (unpaired) electrons. The van der Waals surface area contributed by atoms with Crippen LogP contribution < -0.4 is 15.4 Å². The van der Waals surface area contributed by atoms with Gasteiger partial charge in [0.25, 0.3) is 0 Å². The maximum Gasteiger partial charge on any atom is 0.338 e. The summed E-state index contributed by atoms with van der Waals surface area (Å²) in [6.07, 6.45) is 0. The number of hydrogen-bond acceptors (Lipinski definition) is 4. The SMILES string of the molecule is CCOC(=O)c1ccc(CNC(=O)NCOc2ccc(C)c(C)c2)cc1. The predicted octanol–water partition coefficient (Wildman–Crippen LogP) is 3.32. The normalized spacial score (nSPS) is 10.1. The molecule has 2 amide bonds. The van der Waals surface area contributed by atoms with Gasteiger partial charge in [0.2, 0.25) is 0 Å². The maximum atomic E-state index is 11.8. The van der Waals surface area contributed by atoms with E-state index in [2.05, 4.69) is 10.6 Å². The van der Waals surface area contributed by atoms with Gasteiger partial charge in [-0.15, -0.1) is 0 Å². The molecule has 138 valence electrons. The van der Waals surface area contributed by atoms with Crippen LogP contribution in [0.4, 0.5) is 4.79 Å². The van der Waals surface area contributed by atoms with Crippen LogP contribution in [0.1, 0.15) is 34.0 Å². The molecule has 0 saturated carbocycles. The summed E-state index contributed by atoms with van der Waals surface area (Å²) in [4.78, 5) is 23.4. The Morgan fingerprint density at radius 1 is 0.962 bits per heavy atom.